The van der Waals surface area contributed by atoms with Crippen molar-refractivity contribution in [3.8, 4) is 5.75 Å². The van der Waals surface area contributed by atoms with Crippen LogP contribution in [0.25, 0.3) is 10.9 Å². The molecule has 4 nitrogen and oxygen atoms in total. The third-order valence-corrected chi connectivity index (χ3v) is 5.27. The van der Waals surface area contributed by atoms with Crippen LogP contribution >= 0.6 is 0 Å². The maximum Gasteiger partial charge on any atom is 0.419 e. The maximum absolute atomic E-state index is 15.0. The van der Waals surface area contributed by atoms with E-state index in [-0.39, 0.29) is 5.69 Å². The number of ether oxygens (including phenoxy) is 1. The monoisotopic (exact) mass is 440 g/mol. The first-order chi connectivity index (χ1) is 14.5. The second-order valence-electron chi connectivity index (χ2n) is 7.16. The molecule has 0 aliphatic heterocycles. The number of aromatic nitrogens is 1. The first-order valence-corrected chi connectivity index (χ1v) is 9.47. The van der Waals surface area contributed by atoms with Crippen LogP contribution in [0.2, 0.25) is 0 Å². The van der Waals surface area contributed by atoms with E-state index in [9.17, 15) is 22.7 Å². The van der Waals surface area contributed by atoms with Gasteiger partial charge >= 0.3 is 6.18 Å². The smallest absolute Gasteiger partial charge is 0.419 e. The molecular formula is C22H21F5N2O2. The lowest BCUT2D eigenvalue weighted by atomic mass is 9.84. The van der Waals surface area contributed by atoms with Crippen LogP contribution in [-0.2, 0) is 0 Å². The van der Waals surface area contributed by atoms with Gasteiger partial charge in [0.2, 0.25) is 0 Å². The fourth-order valence-electron chi connectivity index (χ4n) is 3.52. The lowest BCUT2D eigenvalue weighted by Crippen LogP contribution is -2.52. The zero-order valence-electron chi connectivity index (χ0n) is 17.0. The van der Waals surface area contributed by atoms with Crippen LogP contribution in [0.1, 0.15) is 30.6 Å². The van der Waals surface area contributed by atoms with Gasteiger partial charge in [-0.15, -0.1) is 0 Å². The van der Waals surface area contributed by atoms with E-state index in [2.05, 4.69) is 15.0 Å². The van der Waals surface area contributed by atoms with Gasteiger partial charge in [0.15, 0.2) is 23.0 Å². The van der Waals surface area contributed by atoms with Gasteiger partial charge in [-0.3, -0.25) is 4.98 Å². The molecule has 2 unspecified atom stereocenters. The summed E-state index contributed by atoms with van der Waals surface area (Å²) in [5, 5.41) is 13.8. The normalized spacial score (nSPS) is 14.9. The zero-order valence-corrected chi connectivity index (χ0v) is 17.0. The minimum Gasteiger partial charge on any atom is -0.491 e. The standard InChI is InChI=1S/C22H21F5N2O2/c1-4-21(30,22(25,26)27)20(14-10-11-15(23)19(31-3)18(14)24)29-17-7-5-6-16-13(17)9-8-12(2)28-16/h5-11,20,29-30H,4H2,1-3H3. The van der Waals surface area contributed by atoms with Crippen molar-refractivity contribution < 1.29 is 31.8 Å². The molecule has 0 fully saturated rings. The molecule has 0 aliphatic rings. The van der Waals surface area contributed by atoms with Crippen molar-refractivity contribution >= 4 is 16.6 Å². The number of fused-ring (bicyclic) bond motifs is 1. The van der Waals surface area contributed by atoms with Gasteiger partial charge in [0.25, 0.3) is 0 Å². The fourth-order valence-corrected chi connectivity index (χ4v) is 3.52. The number of rotatable bonds is 6. The largest absolute Gasteiger partial charge is 0.491 e. The molecule has 0 amide bonds. The SMILES string of the molecule is CCC(O)(C(Nc1cccc2nc(C)ccc12)c1ccc(F)c(OC)c1F)C(F)(F)F. The van der Waals surface area contributed by atoms with Crippen molar-refractivity contribution in [2.75, 3.05) is 12.4 Å². The summed E-state index contributed by atoms with van der Waals surface area (Å²) in [6.45, 7) is 2.90. The Morgan fingerprint density at radius 2 is 1.81 bits per heavy atom. The van der Waals surface area contributed by atoms with Gasteiger partial charge < -0.3 is 15.2 Å². The first kappa shape index (κ1) is 22.7. The molecule has 0 aliphatic carbocycles. The molecule has 9 heteroatoms. The number of nitrogens with one attached hydrogen (secondary N) is 1. The van der Waals surface area contributed by atoms with Crippen LogP contribution in [0.4, 0.5) is 27.6 Å². The van der Waals surface area contributed by atoms with Crippen LogP contribution in [0, 0.1) is 18.6 Å². The summed E-state index contributed by atoms with van der Waals surface area (Å²) in [6.07, 6.45) is -5.90. The van der Waals surface area contributed by atoms with Gasteiger partial charge in [0.05, 0.1) is 18.7 Å². The molecule has 1 aromatic heterocycles. The summed E-state index contributed by atoms with van der Waals surface area (Å²) in [6, 6.07) is 7.76. The van der Waals surface area contributed by atoms with Gasteiger partial charge in [-0.05, 0) is 43.7 Å². The Morgan fingerprint density at radius 1 is 1.10 bits per heavy atom. The van der Waals surface area contributed by atoms with Crippen molar-refractivity contribution in [1.29, 1.82) is 0 Å². The maximum atomic E-state index is 15.0. The number of hydrogen-bond donors (Lipinski definition) is 2. The van der Waals surface area contributed by atoms with Gasteiger partial charge in [-0.1, -0.05) is 19.1 Å². The molecule has 1 heterocycles. The topological polar surface area (TPSA) is 54.4 Å². The highest BCUT2D eigenvalue weighted by atomic mass is 19.4. The Balaban J connectivity index is 2.24. The van der Waals surface area contributed by atoms with E-state index in [0.29, 0.717) is 16.6 Å². The van der Waals surface area contributed by atoms with E-state index < -0.39 is 47.2 Å². The number of benzene rings is 2. The highest BCUT2D eigenvalue weighted by Gasteiger charge is 2.58. The predicted octanol–water partition coefficient (Wildman–Crippen LogP) is 5.69. The van der Waals surface area contributed by atoms with Gasteiger partial charge in [-0.25, -0.2) is 8.78 Å². The number of halogens is 5. The summed E-state index contributed by atoms with van der Waals surface area (Å²) in [7, 11) is 1.00. The summed E-state index contributed by atoms with van der Waals surface area (Å²) >= 11 is 0. The fraction of sp³-hybridized carbons (Fsp3) is 0.318. The summed E-state index contributed by atoms with van der Waals surface area (Å²) in [4.78, 5) is 4.34. The molecule has 3 aromatic rings. The second kappa shape index (κ2) is 8.30. The van der Waals surface area contributed by atoms with E-state index in [0.717, 1.165) is 26.2 Å². The number of hydrogen-bond acceptors (Lipinski definition) is 4. The number of anilines is 1. The number of nitrogens with zero attached hydrogens (tertiary/aromatic N) is 1. The van der Waals surface area contributed by atoms with Crippen molar-refractivity contribution in [3.05, 3.63) is 65.4 Å². The highest BCUT2D eigenvalue weighted by Crippen LogP contribution is 2.46. The number of aliphatic hydroxyl groups is 1. The number of alkyl halides is 3. The van der Waals surface area contributed by atoms with Gasteiger partial charge in [-0.2, -0.15) is 13.2 Å². The third kappa shape index (κ3) is 4.01. The lowest BCUT2D eigenvalue weighted by Gasteiger charge is -2.38. The van der Waals surface area contributed by atoms with E-state index in [4.69, 9.17) is 0 Å². The molecule has 2 aromatic carbocycles. The van der Waals surface area contributed by atoms with Crippen LogP contribution < -0.4 is 10.1 Å². The van der Waals surface area contributed by atoms with Crippen molar-refractivity contribution in [2.45, 2.75) is 38.1 Å². The lowest BCUT2D eigenvalue weighted by molar-refractivity contribution is -0.267. The van der Waals surface area contributed by atoms with Crippen LogP contribution in [0.15, 0.2) is 42.5 Å². The van der Waals surface area contributed by atoms with Crippen molar-refractivity contribution in [3.63, 3.8) is 0 Å². The summed E-state index contributed by atoms with van der Waals surface area (Å²) in [5.41, 5.74) is -2.54. The average molecular weight is 440 g/mol. The quantitative estimate of drug-likeness (QED) is 0.484. The Morgan fingerprint density at radius 3 is 2.42 bits per heavy atom. The first-order valence-electron chi connectivity index (χ1n) is 9.47. The molecule has 2 N–H and O–H groups in total. The number of methoxy groups -OCH3 is 1. The molecule has 0 saturated carbocycles. The van der Waals surface area contributed by atoms with E-state index >= 15 is 4.39 Å². The Kier molecular flexibility index (Phi) is 6.09. The molecule has 3 rings (SSSR count). The second-order valence-corrected chi connectivity index (χ2v) is 7.16. The summed E-state index contributed by atoms with van der Waals surface area (Å²) < 4.78 is 75.5. The highest BCUT2D eigenvalue weighted by molar-refractivity contribution is 5.91. The molecule has 31 heavy (non-hydrogen) atoms. The Hall–Kier alpha value is -2.94. The van der Waals surface area contributed by atoms with Crippen LogP contribution in [-0.4, -0.2) is 29.0 Å². The van der Waals surface area contributed by atoms with E-state index in [1.807, 2.05) is 0 Å². The van der Waals surface area contributed by atoms with Gasteiger partial charge in [0, 0.05) is 22.3 Å². The average Bonchev–Trinajstić information content (AvgIpc) is 2.71. The summed E-state index contributed by atoms with van der Waals surface area (Å²) in [5.74, 6) is -3.23. The Labute approximate surface area is 175 Å². The molecule has 166 valence electrons. The minimum atomic E-state index is -5.12. The van der Waals surface area contributed by atoms with Crippen LogP contribution in [0.5, 0.6) is 5.75 Å². The molecule has 0 spiro atoms. The van der Waals surface area contributed by atoms with Crippen molar-refractivity contribution in [1.82, 2.24) is 4.98 Å². The molecule has 0 saturated heterocycles. The number of aryl methyl sites for hydroxylation is 1. The molecule has 2 atom stereocenters. The predicted molar refractivity (Wildman–Crippen MR) is 107 cm³/mol. The Bertz CT molecular complexity index is 1100. The molecule has 0 radical (unpaired) electrons. The van der Waals surface area contributed by atoms with E-state index in [1.54, 1.807) is 31.2 Å². The zero-order chi connectivity index (χ0) is 23.0. The van der Waals surface area contributed by atoms with E-state index in [1.165, 1.54) is 6.07 Å². The van der Waals surface area contributed by atoms with Gasteiger partial charge in [0.1, 0.15) is 0 Å². The third-order valence-electron chi connectivity index (χ3n) is 5.27. The van der Waals surface area contributed by atoms with Crippen LogP contribution in [0.3, 0.4) is 0 Å². The minimum absolute atomic E-state index is 0.203. The molecule has 0 bridgehead atoms. The molecular weight excluding hydrogens is 419 g/mol. The van der Waals surface area contributed by atoms with Crippen molar-refractivity contribution in [2.24, 2.45) is 0 Å². The number of pyridine rings is 1.